The standard InChI is InChI=1S/C21H25FN2O3S/c1-14-19(28-15(2)23-14)20(25)24-12-21(13-24)9-17(11-27-21)6-7-26-10-16-4-3-5-18(22)8-16/h3-5,8,17H,6-7,9-13H2,1-2H3. The van der Waals surface area contributed by atoms with Gasteiger partial charge in [-0.2, -0.15) is 0 Å². The molecule has 2 aliphatic heterocycles. The Labute approximate surface area is 168 Å². The van der Waals surface area contributed by atoms with E-state index in [0.717, 1.165) is 34.0 Å². The minimum Gasteiger partial charge on any atom is -0.377 e. The van der Waals surface area contributed by atoms with E-state index in [-0.39, 0.29) is 17.3 Å². The van der Waals surface area contributed by atoms with Crippen LogP contribution in [-0.4, -0.2) is 47.7 Å². The molecule has 1 aromatic carbocycles. The molecule has 1 aromatic heterocycles. The third kappa shape index (κ3) is 4.11. The number of amides is 1. The van der Waals surface area contributed by atoms with Crippen LogP contribution in [0.1, 0.15) is 38.8 Å². The summed E-state index contributed by atoms with van der Waals surface area (Å²) in [5.74, 6) is 0.274. The van der Waals surface area contributed by atoms with Gasteiger partial charge in [0, 0.05) is 6.61 Å². The number of aromatic nitrogens is 1. The molecule has 0 aliphatic carbocycles. The number of nitrogens with zero attached hydrogens (tertiary/aromatic N) is 2. The first kappa shape index (κ1) is 19.5. The summed E-state index contributed by atoms with van der Waals surface area (Å²) in [5, 5.41) is 0.923. The number of hydrogen-bond acceptors (Lipinski definition) is 5. The third-order valence-corrected chi connectivity index (χ3v) is 6.52. The van der Waals surface area contributed by atoms with Crippen molar-refractivity contribution < 1.29 is 18.7 Å². The largest absolute Gasteiger partial charge is 0.377 e. The van der Waals surface area contributed by atoms with E-state index in [1.165, 1.54) is 23.5 Å². The van der Waals surface area contributed by atoms with Crippen molar-refractivity contribution in [2.24, 2.45) is 5.92 Å². The second-order valence-corrected chi connectivity index (χ2v) is 9.05. The summed E-state index contributed by atoms with van der Waals surface area (Å²) in [6.07, 6.45) is 1.87. The van der Waals surface area contributed by atoms with Crippen LogP contribution in [0.5, 0.6) is 0 Å². The summed E-state index contributed by atoms with van der Waals surface area (Å²) in [5.41, 5.74) is 1.48. The molecule has 150 valence electrons. The summed E-state index contributed by atoms with van der Waals surface area (Å²) in [6.45, 7) is 6.88. The predicted molar refractivity (Wildman–Crippen MR) is 105 cm³/mol. The summed E-state index contributed by atoms with van der Waals surface area (Å²) in [6, 6.07) is 6.49. The van der Waals surface area contributed by atoms with Crippen LogP contribution in [-0.2, 0) is 16.1 Å². The van der Waals surface area contributed by atoms with E-state index in [2.05, 4.69) is 4.98 Å². The van der Waals surface area contributed by atoms with Crippen molar-refractivity contribution >= 4 is 17.2 Å². The van der Waals surface area contributed by atoms with Gasteiger partial charge in [0.25, 0.3) is 5.91 Å². The summed E-state index contributed by atoms with van der Waals surface area (Å²) in [4.78, 5) is 19.6. The minimum atomic E-state index is -0.236. The maximum Gasteiger partial charge on any atom is 0.266 e. The molecule has 4 rings (SSSR count). The van der Waals surface area contributed by atoms with E-state index >= 15 is 0 Å². The number of likely N-dealkylation sites (tertiary alicyclic amines) is 1. The number of carbonyl (C=O) groups is 1. The Morgan fingerprint density at radius 2 is 2.25 bits per heavy atom. The van der Waals surface area contributed by atoms with Gasteiger partial charge in [0.1, 0.15) is 16.3 Å². The van der Waals surface area contributed by atoms with Crippen molar-refractivity contribution in [3.05, 3.63) is 51.2 Å². The zero-order chi connectivity index (χ0) is 19.7. The van der Waals surface area contributed by atoms with Crippen LogP contribution >= 0.6 is 11.3 Å². The topological polar surface area (TPSA) is 51.7 Å². The highest BCUT2D eigenvalue weighted by molar-refractivity contribution is 7.13. The van der Waals surface area contributed by atoms with E-state index in [0.29, 0.717) is 38.8 Å². The summed E-state index contributed by atoms with van der Waals surface area (Å²) >= 11 is 1.46. The van der Waals surface area contributed by atoms with Gasteiger partial charge in [-0.25, -0.2) is 9.37 Å². The number of ether oxygens (including phenoxy) is 2. The van der Waals surface area contributed by atoms with Crippen molar-refractivity contribution in [3.63, 3.8) is 0 Å². The highest BCUT2D eigenvalue weighted by atomic mass is 32.1. The smallest absolute Gasteiger partial charge is 0.266 e. The molecule has 7 heteroatoms. The second-order valence-electron chi connectivity index (χ2n) is 7.84. The zero-order valence-corrected chi connectivity index (χ0v) is 17.1. The fourth-order valence-corrected chi connectivity index (χ4v) is 4.97. The van der Waals surface area contributed by atoms with Gasteiger partial charge in [-0.05, 0) is 50.3 Å². The molecule has 3 heterocycles. The fraction of sp³-hybridized carbons (Fsp3) is 0.524. The normalized spacial score (nSPS) is 20.5. The molecule has 5 nitrogen and oxygen atoms in total. The van der Waals surface area contributed by atoms with Gasteiger partial charge >= 0.3 is 0 Å². The van der Waals surface area contributed by atoms with Gasteiger partial charge in [-0.15, -0.1) is 11.3 Å². The Morgan fingerprint density at radius 1 is 1.43 bits per heavy atom. The molecule has 0 N–H and O–H groups in total. The predicted octanol–water partition coefficient (Wildman–Crippen LogP) is 3.74. The summed E-state index contributed by atoms with van der Waals surface area (Å²) < 4.78 is 24.9. The Morgan fingerprint density at radius 3 is 2.96 bits per heavy atom. The molecular formula is C21H25FN2O3S. The first-order valence-corrected chi connectivity index (χ1v) is 10.5. The molecule has 28 heavy (non-hydrogen) atoms. The van der Waals surface area contributed by atoms with Crippen LogP contribution in [0.2, 0.25) is 0 Å². The second kappa shape index (κ2) is 7.89. The van der Waals surface area contributed by atoms with Crippen molar-refractivity contribution in [1.29, 1.82) is 0 Å². The van der Waals surface area contributed by atoms with Gasteiger partial charge < -0.3 is 14.4 Å². The SMILES string of the molecule is Cc1nc(C)c(C(=O)N2CC3(CC(CCOCc4cccc(F)c4)CO3)C2)s1. The van der Waals surface area contributed by atoms with Crippen molar-refractivity contribution in [2.45, 2.75) is 38.9 Å². The van der Waals surface area contributed by atoms with Crippen molar-refractivity contribution in [3.8, 4) is 0 Å². The molecule has 2 saturated heterocycles. The molecule has 1 spiro atoms. The molecule has 2 aromatic rings. The Bertz CT molecular complexity index is 863. The van der Waals surface area contributed by atoms with Crippen molar-refractivity contribution in [2.75, 3.05) is 26.3 Å². The van der Waals surface area contributed by atoms with Crippen molar-refractivity contribution in [1.82, 2.24) is 9.88 Å². The lowest BCUT2D eigenvalue weighted by Gasteiger charge is -2.47. The Kier molecular flexibility index (Phi) is 5.49. The first-order chi connectivity index (χ1) is 13.4. The van der Waals surface area contributed by atoms with E-state index < -0.39 is 0 Å². The number of benzene rings is 1. The van der Waals surface area contributed by atoms with Gasteiger partial charge in [0.05, 0.1) is 37.0 Å². The molecule has 1 unspecified atom stereocenters. The molecule has 0 saturated carbocycles. The van der Waals surface area contributed by atoms with Gasteiger partial charge in [0.15, 0.2) is 0 Å². The fourth-order valence-electron chi connectivity index (χ4n) is 4.08. The zero-order valence-electron chi connectivity index (χ0n) is 16.2. The molecule has 0 radical (unpaired) electrons. The maximum absolute atomic E-state index is 13.2. The highest BCUT2D eigenvalue weighted by Gasteiger charge is 2.51. The lowest BCUT2D eigenvalue weighted by molar-refractivity contribution is -0.0949. The van der Waals surface area contributed by atoms with E-state index in [4.69, 9.17) is 9.47 Å². The highest BCUT2D eigenvalue weighted by Crippen LogP contribution is 2.40. The number of aryl methyl sites for hydroxylation is 2. The van der Waals surface area contributed by atoms with Gasteiger partial charge in [-0.3, -0.25) is 4.79 Å². The molecule has 1 amide bonds. The van der Waals surface area contributed by atoms with Crippen LogP contribution in [0, 0.1) is 25.6 Å². The summed E-state index contributed by atoms with van der Waals surface area (Å²) in [7, 11) is 0. The van der Waals surface area contributed by atoms with Crippen LogP contribution in [0.4, 0.5) is 4.39 Å². The monoisotopic (exact) mass is 404 g/mol. The number of rotatable bonds is 6. The van der Waals surface area contributed by atoms with Crippen LogP contribution in [0.25, 0.3) is 0 Å². The lowest BCUT2D eigenvalue weighted by atomic mass is 9.86. The first-order valence-electron chi connectivity index (χ1n) is 9.64. The Balaban J connectivity index is 1.20. The Hall–Kier alpha value is -1.83. The van der Waals surface area contributed by atoms with E-state index in [9.17, 15) is 9.18 Å². The lowest BCUT2D eigenvalue weighted by Crippen LogP contribution is -2.63. The molecular weight excluding hydrogens is 379 g/mol. The minimum absolute atomic E-state index is 0.0687. The molecule has 1 atom stereocenters. The average Bonchev–Trinajstić information content (AvgIpc) is 3.20. The maximum atomic E-state index is 13.2. The number of halogens is 1. The van der Waals surface area contributed by atoms with E-state index in [1.807, 2.05) is 24.8 Å². The number of carbonyl (C=O) groups excluding carboxylic acids is 1. The molecule has 2 fully saturated rings. The molecule has 0 bridgehead atoms. The van der Waals surface area contributed by atoms with Crippen LogP contribution < -0.4 is 0 Å². The molecule has 2 aliphatic rings. The quantitative estimate of drug-likeness (QED) is 0.689. The van der Waals surface area contributed by atoms with Gasteiger partial charge in [-0.1, -0.05) is 12.1 Å². The van der Waals surface area contributed by atoms with E-state index in [1.54, 1.807) is 6.07 Å². The number of thiazole rings is 1. The average molecular weight is 405 g/mol. The van der Waals surface area contributed by atoms with Gasteiger partial charge in [0.2, 0.25) is 0 Å². The third-order valence-electron chi connectivity index (χ3n) is 5.46. The van der Waals surface area contributed by atoms with Crippen LogP contribution in [0.3, 0.4) is 0 Å². The van der Waals surface area contributed by atoms with Crippen LogP contribution in [0.15, 0.2) is 24.3 Å². The number of hydrogen-bond donors (Lipinski definition) is 0.